The SMILES string of the molecule is CCC(CC)(Pc1ccc(C)cc1C=NC)c1ccccc1O. The second kappa shape index (κ2) is 7.75. The number of nitrogens with zero attached hydrogens (tertiary/aromatic N) is 1. The number of hydrogen-bond donors (Lipinski definition) is 1. The van der Waals surface area contributed by atoms with Gasteiger partial charge in [0.25, 0.3) is 0 Å². The molecule has 2 aromatic rings. The predicted molar refractivity (Wildman–Crippen MR) is 103 cm³/mol. The smallest absolute Gasteiger partial charge is 0.119 e. The van der Waals surface area contributed by atoms with Gasteiger partial charge in [-0.3, -0.25) is 4.99 Å². The van der Waals surface area contributed by atoms with E-state index in [0.29, 0.717) is 14.3 Å². The summed E-state index contributed by atoms with van der Waals surface area (Å²) in [6.45, 7) is 6.53. The molecular formula is C20H26NOP. The van der Waals surface area contributed by atoms with E-state index in [1.807, 2.05) is 25.4 Å². The van der Waals surface area contributed by atoms with Gasteiger partial charge < -0.3 is 5.11 Å². The second-order valence-corrected chi connectivity index (χ2v) is 7.66. The number of aliphatic imine (C=N–C) groups is 1. The summed E-state index contributed by atoms with van der Waals surface area (Å²) in [7, 11) is 2.40. The molecule has 0 aliphatic rings. The molecule has 1 unspecified atom stereocenters. The molecule has 2 rings (SSSR count). The minimum absolute atomic E-state index is 0.0308. The van der Waals surface area contributed by atoms with Gasteiger partial charge >= 0.3 is 0 Å². The van der Waals surface area contributed by atoms with Crippen LogP contribution in [-0.2, 0) is 5.16 Å². The number of aromatic hydroxyl groups is 1. The maximum Gasteiger partial charge on any atom is 0.119 e. The maximum atomic E-state index is 10.4. The average Bonchev–Trinajstić information content (AvgIpc) is 2.56. The molecular weight excluding hydrogens is 301 g/mol. The van der Waals surface area contributed by atoms with Crippen LogP contribution in [0, 0.1) is 6.92 Å². The number of hydrogen-bond acceptors (Lipinski definition) is 2. The average molecular weight is 327 g/mol. The summed E-state index contributed by atoms with van der Waals surface area (Å²) in [6.07, 6.45) is 3.93. The van der Waals surface area contributed by atoms with Crippen LogP contribution in [0.25, 0.3) is 0 Å². The lowest BCUT2D eigenvalue weighted by Gasteiger charge is -2.33. The molecule has 0 bridgehead atoms. The Morgan fingerprint density at radius 2 is 1.83 bits per heavy atom. The van der Waals surface area contributed by atoms with Gasteiger partial charge in [0, 0.05) is 24.0 Å². The zero-order chi connectivity index (χ0) is 16.9. The van der Waals surface area contributed by atoms with Crippen molar-refractivity contribution in [3.63, 3.8) is 0 Å². The highest BCUT2D eigenvalue weighted by molar-refractivity contribution is 7.48. The fourth-order valence-electron chi connectivity index (χ4n) is 3.05. The molecule has 0 aromatic heterocycles. The molecule has 2 nitrogen and oxygen atoms in total. The van der Waals surface area contributed by atoms with E-state index in [1.54, 1.807) is 6.07 Å². The van der Waals surface area contributed by atoms with Gasteiger partial charge in [-0.15, -0.1) is 0 Å². The van der Waals surface area contributed by atoms with Gasteiger partial charge in [-0.2, -0.15) is 0 Å². The van der Waals surface area contributed by atoms with Gasteiger partial charge in [0.1, 0.15) is 5.75 Å². The molecule has 0 radical (unpaired) electrons. The van der Waals surface area contributed by atoms with E-state index >= 15 is 0 Å². The molecule has 0 saturated heterocycles. The second-order valence-electron chi connectivity index (χ2n) is 5.91. The third-order valence-electron chi connectivity index (χ3n) is 4.48. The molecule has 0 amide bonds. The molecule has 0 saturated carbocycles. The molecule has 0 heterocycles. The lowest BCUT2D eigenvalue weighted by molar-refractivity contribution is 0.448. The van der Waals surface area contributed by atoms with Crippen LogP contribution in [0.2, 0.25) is 0 Å². The molecule has 122 valence electrons. The highest BCUT2D eigenvalue weighted by atomic mass is 31.1. The van der Waals surface area contributed by atoms with Crippen LogP contribution < -0.4 is 5.30 Å². The first-order valence-corrected chi connectivity index (χ1v) is 9.15. The van der Waals surface area contributed by atoms with E-state index in [0.717, 1.165) is 18.4 Å². The van der Waals surface area contributed by atoms with E-state index in [-0.39, 0.29) is 5.16 Å². The molecule has 1 atom stereocenters. The number of phenolic OH excluding ortho intramolecular Hbond substituents is 1. The predicted octanol–water partition coefficient (Wildman–Crippen LogP) is 4.77. The molecule has 0 spiro atoms. The summed E-state index contributed by atoms with van der Waals surface area (Å²) < 4.78 is 0. The fraction of sp³-hybridized carbons (Fsp3) is 0.350. The van der Waals surface area contributed by atoms with Gasteiger partial charge in [-0.05, 0) is 42.8 Å². The van der Waals surface area contributed by atoms with Crippen molar-refractivity contribution in [1.82, 2.24) is 0 Å². The first kappa shape index (κ1) is 17.7. The third kappa shape index (κ3) is 3.82. The van der Waals surface area contributed by atoms with E-state index < -0.39 is 0 Å². The zero-order valence-electron chi connectivity index (χ0n) is 14.4. The number of rotatable bonds is 6. The number of aryl methyl sites for hydroxylation is 1. The van der Waals surface area contributed by atoms with Crippen LogP contribution in [0.1, 0.15) is 43.4 Å². The normalized spacial score (nSPS) is 12.5. The van der Waals surface area contributed by atoms with E-state index in [9.17, 15) is 5.11 Å². The first-order chi connectivity index (χ1) is 11.1. The van der Waals surface area contributed by atoms with Crippen LogP contribution in [0.3, 0.4) is 0 Å². The standard InChI is InChI=1S/C20H26NOP/c1-5-20(6-2,17-9-7-8-10-18(17)22)23-19-12-11-15(3)13-16(19)14-21-4/h7-14,22-23H,5-6H2,1-4H3. The van der Waals surface area contributed by atoms with Crippen molar-refractivity contribution in [2.75, 3.05) is 7.05 Å². The highest BCUT2D eigenvalue weighted by Gasteiger charge is 2.31. The largest absolute Gasteiger partial charge is 0.508 e. The molecule has 1 N–H and O–H groups in total. The molecule has 0 aliphatic carbocycles. The van der Waals surface area contributed by atoms with Crippen molar-refractivity contribution in [2.45, 2.75) is 38.8 Å². The van der Waals surface area contributed by atoms with Crippen molar-refractivity contribution >= 4 is 20.1 Å². The van der Waals surface area contributed by atoms with Crippen LogP contribution >= 0.6 is 8.58 Å². The van der Waals surface area contributed by atoms with E-state index in [2.05, 4.69) is 50.0 Å². The minimum Gasteiger partial charge on any atom is -0.508 e. The lowest BCUT2D eigenvalue weighted by atomic mass is 9.92. The Morgan fingerprint density at radius 3 is 2.43 bits per heavy atom. The monoisotopic (exact) mass is 327 g/mol. The van der Waals surface area contributed by atoms with E-state index in [1.165, 1.54) is 16.4 Å². The van der Waals surface area contributed by atoms with Crippen molar-refractivity contribution in [3.05, 3.63) is 59.2 Å². The maximum absolute atomic E-state index is 10.4. The van der Waals surface area contributed by atoms with E-state index in [4.69, 9.17) is 0 Å². The van der Waals surface area contributed by atoms with Crippen molar-refractivity contribution < 1.29 is 5.11 Å². The van der Waals surface area contributed by atoms with Crippen LogP contribution in [0.15, 0.2) is 47.5 Å². The Hall–Kier alpha value is -1.66. The Balaban J connectivity index is 2.51. The molecule has 23 heavy (non-hydrogen) atoms. The quantitative estimate of drug-likeness (QED) is 0.602. The van der Waals surface area contributed by atoms with Crippen molar-refractivity contribution in [2.24, 2.45) is 4.99 Å². The van der Waals surface area contributed by atoms with Crippen LogP contribution in [0.4, 0.5) is 0 Å². The summed E-state index contributed by atoms with van der Waals surface area (Å²) in [5, 5.41) is 11.7. The Kier molecular flexibility index (Phi) is 5.96. The Morgan fingerprint density at radius 1 is 1.13 bits per heavy atom. The summed E-state index contributed by atoms with van der Waals surface area (Å²) in [4.78, 5) is 4.21. The highest BCUT2D eigenvalue weighted by Crippen LogP contribution is 2.49. The topological polar surface area (TPSA) is 32.6 Å². The van der Waals surface area contributed by atoms with Gasteiger partial charge in [-0.25, -0.2) is 0 Å². The third-order valence-corrected chi connectivity index (χ3v) is 6.66. The number of benzene rings is 2. The fourth-order valence-corrected chi connectivity index (χ4v) is 4.72. The van der Waals surface area contributed by atoms with Gasteiger partial charge in [0.15, 0.2) is 0 Å². The van der Waals surface area contributed by atoms with Gasteiger partial charge in [0.2, 0.25) is 0 Å². The zero-order valence-corrected chi connectivity index (χ0v) is 15.4. The number of phenols is 1. The minimum atomic E-state index is -0.0308. The summed E-state index contributed by atoms with van der Waals surface area (Å²) in [6, 6.07) is 14.3. The molecule has 2 aromatic carbocycles. The Labute approximate surface area is 141 Å². The van der Waals surface area contributed by atoms with Gasteiger partial charge in [-0.1, -0.05) is 58.3 Å². The molecule has 3 heteroatoms. The summed E-state index contributed by atoms with van der Waals surface area (Å²) in [5.41, 5.74) is 3.49. The molecule has 0 aliphatic heterocycles. The first-order valence-electron chi connectivity index (χ1n) is 8.15. The summed E-state index contributed by atoms with van der Waals surface area (Å²) >= 11 is 0. The summed E-state index contributed by atoms with van der Waals surface area (Å²) in [5.74, 6) is 0.404. The van der Waals surface area contributed by atoms with Crippen LogP contribution in [-0.4, -0.2) is 18.4 Å². The number of para-hydroxylation sites is 1. The lowest BCUT2D eigenvalue weighted by Crippen LogP contribution is -2.23. The molecule has 0 fully saturated rings. The van der Waals surface area contributed by atoms with Crippen molar-refractivity contribution in [3.8, 4) is 5.75 Å². The van der Waals surface area contributed by atoms with Crippen molar-refractivity contribution in [1.29, 1.82) is 0 Å². The van der Waals surface area contributed by atoms with Crippen LogP contribution in [0.5, 0.6) is 5.75 Å². The van der Waals surface area contributed by atoms with Gasteiger partial charge in [0.05, 0.1) is 0 Å². The Bertz CT molecular complexity index is 690.